The van der Waals surface area contributed by atoms with E-state index in [2.05, 4.69) is 21.2 Å². The summed E-state index contributed by atoms with van der Waals surface area (Å²) in [6.07, 6.45) is 0. The van der Waals surface area contributed by atoms with E-state index in [1.54, 1.807) is 13.1 Å². The van der Waals surface area contributed by atoms with Gasteiger partial charge in [0.25, 0.3) is 0 Å². The molecule has 18 heavy (non-hydrogen) atoms. The summed E-state index contributed by atoms with van der Waals surface area (Å²) in [5.41, 5.74) is 0.00502. The quantitative estimate of drug-likeness (QED) is 0.840. The van der Waals surface area contributed by atoms with Crippen LogP contribution in [0.1, 0.15) is 16.5 Å². The Morgan fingerprint density at radius 3 is 2.39 bits per heavy atom. The summed E-state index contributed by atoms with van der Waals surface area (Å²) in [6, 6.07) is 5.04. The second kappa shape index (κ2) is 5.65. The molecule has 1 heterocycles. The van der Waals surface area contributed by atoms with Gasteiger partial charge in [-0.25, -0.2) is 8.78 Å². The third kappa shape index (κ3) is 2.59. The maximum Gasteiger partial charge on any atom is 0.131 e. The van der Waals surface area contributed by atoms with Crippen LogP contribution in [0.2, 0.25) is 4.34 Å². The van der Waals surface area contributed by atoms with Gasteiger partial charge in [0.05, 0.1) is 6.04 Å². The lowest BCUT2D eigenvalue weighted by molar-refractivity contribution is 0.524. The molecule has 0 bridgehead atoms. The fourth-order valence-corrected chi connectivity index (χ4v) is 3.58. The van der Waals surface area contributed by atoms with Gasteiger partial charge >= 0.3 is 0 Å². The highest BCUT2D eigenvalue weighted by molar-refractivity contribution is 9.10. The van der Waals surface area contributed by atoms with Gasteiger partial charge in [-0.1, -0.05) is 17.7 Å². The highest BCUT2D eigenvalue weighted by atomic mass is 79.9. The first-order valence-corrected chi connectivity index (χ1v) is 7.09. The molecule has 1 aromatic carbocycles. The Morgan fingerprint density at radius 2 is 1.94 bits per heavy atom. The number of thiophene rings is 1. The Morgan fingerprint density at radius 1 is 1.33 bits per heavy atom. The predicted molar refractivity (Wildman–Crippen MR) is 74.3 cm³/mol. The van der Waals surface area contributed by atoms with Gasteiger partial charge in [-0.15, -0.1) is 11.3 Å². The summed E-state index contributed by atoms with van der Waals surface area (Å²) in [6.45, 7) is 0. The molecule has 0 radical (unpaired) electrons. The minimum Gasteiger partial charge on any atom is -0.308 e. The summed E-state index contributed by atoms with van der Waals surface area (Å²) in [4.78, 5) is 0.748. The lowest BCUT2D eigenvalue weighted by Crippen LogP contribution is -2.19. The standard InChI is InChI=1S/C12H9BrClF2NS/c1-17-11(9-5-6(13)12(14)18-9)10-7(15)3-2-4-8(10)16/h2-5,11,17H,1H3. The molecule has 1 aromatic heterocycles. The zero-order valence-electron chi connectivity index (χ0n) is 9.31. The van der Waals surface area contributed by atoms with Crippen molar-refractivity contribution in [2.24, 2.45) is 0 Å². The van der Waals surface area contributed by atoms with Crippen molar-refractivity contribution >= 4 is 38.9 Å². The highest BCUT2D eigenvalue weighted by Gasteiger charge is 2.22. The second-order valence-corrected chi connectivity index (χ2v) is 6.17. The van der Waals surface area contributed by atoms with Crippen molar-refractivity contribution in [3.63, 3.8) is 0 Å². The van der Waals surface area contributed by atoms with Gasteiger partial charge in [-0.3, -0.25) is 0 Å². The molecule has 6 heteroatoms. The van der Waals surface area contributed by atoms with Crippen LogP contribution in [0.25, 0.3) is 0 Å². The molecule has 0 aliphatic carbocycles. The summed E-state index contributed by atoms with van der Waals surface area (Å²) in [5.74, 6) is -1.15. The molecule has 1 N–H and O–H groups in total. The molecule has 0 saturated carbocycles. The number of rotatable bonds is 3. The minimum absolute atomic E-state index is 0.00502. The van der Waals surface area contributed by atoms with Crippen LogP contribution in [0.4, 0.5) is 8.78 Å². The van der Waals surface area contributed by atoms with Crippen LogP contribution in [0.5, 0.6) is 0 Å². The van der Waals surface area contributed by atoms with E-state index in [0.717, 1.165) is 9.35 Å². The fraction of sp³-hybridized carbons (Fsp3) is 0.167. The first-order chi connectivity index (χ1) is 8.54. The molecule has 0 amide bonds. The monoisotopic (exact) mass is 351 g/mol. The molecule has 0 spiro atoms. The average Bonchev–Trinajstić information content (AvgIpc) is 2.64. The van der Waals surface area contributed by atoms with Crippen LogP contribution in [0.3, 0.4) is 0 Å². The van der Waals surface area contributed by atoms with Crippen LogP contribution < -0.4 is 5.32 Å². The Labute approximate surface area is 121 Å². The van der Waals surface area contributed by atoms with Crippen molar-refractivity contribution in [1.29, 1.82) is 0 Å². The Bertz CT molecular complexity index is 533. The van der Waals surface area contributed by atoms with E-state index in [1.807, 2.05) is 0 Å². The van der Waals surface area contributed by atoms with Gasteiger partial charge in [0, 0.05) is 14.9 Å². The molecule has 2 rings (SSSR count). The number of hydrogen-bond donors (Lipinski definition) is 1. The van der Waals surface area contributed by atoms with Crippen molar-refractivity contribution in [2.45, 2.75) is 6.04 Å². The van der Waals surface area contributed by atoms with Gasteiger partial charge in [0.1, 0.15) is 16.0 Å². The van der Waals surface area contributed by atoms with E-state index in [9.17, 15) is 8.78 Å². The first kappa shape index (κ1) is 13.9. The maximum absolute atomic E-state index is 13.8. The lowest BCUT2D eigenvalue weighted by Gasteiger charge is -2.16. The van der Waals surface area contributed by atoms with E-state index in [0.29, 0.717) is 4.34 Å². The zero-order valence-corrected chi connectivity index (χ0v) is 12.5. The van der Waals surface area contributed by atoms with Crippen LogP contribution in [0.15, 0.2) is 28.7 Å². The van der Waals surface area contributed by atoms with Crippen LogP contribution in [0, 0.1) is 11.6 Å². The molecule has 96 valence electrons. The SMILES string of the molecule is CNC(c1cc(Br)c(Cl)s1)c1c(F)cccc1F. The molecule has 1 atom stereocenters. The fourth-order valence-electron chi connectivity index (χ4n) is 1.72. The van der Waals surface area contributed by atoms with E-state index < -0.39 is 17.7 Å². The van der Waals surface area contributed by atoms with Gasteiger partial charge in [-0.05, 0) is 41.2 Å². The van der Waals surface area contributed by atoms with Crippen LogP contribution in [-0.2, 0) is 0 Å². The maximum atomic E-state index is 13.8. The number of nitrogens with one attached hydrogen (secondary N) is 1. The van der Waals surface area contributed by atoms with E-state index in [-0.39, 0.29) is 5.56 Å². The molecule has 0 fully saturated rings. The van der Waals surface area contributed by atoms with Crippen molar-refractivity contribution in [2.75, 3.05) is 7.05 Å². The van der Waals surface area contributed by atoms with Gasteiger partial charge in [0.2, 0.25) is 0 Å². The molecule has 2 aromatic rings. The third-order valence-corrected chi connectivity index (χ3v) is 5.07. The molecular weight excluding hydrogens is 344 g/mol. The topological polar surface area (TPSA) is 12.0 Å². The Hall–Kier alpha value is -0.490. The molecular formula is C12H9BrClF2NS. The molecule has 1 unspecified atom stereocenters. The Kier molecular flexibility index (Phi) is 4.37. The third-order valence-electron chi connectivity index (χ3n) is 2.53. The normalized spacial score (nSPS) is 12.7. The van der Waals surface area contributed by atoms with Crippen molar-refractivity contribution < 1.29 is 8.78 Å². The van der Waals surface area contributed by atoms with Crippen molar-refractivity contribution in [1.82, 2.24) is 5.32 Å². The van der Waals surface area contributed by atoms with Crippen molar-refractivity contribution in [3.05, 3.63) is 55.1 Å². The molecule has 1 nitrogen and oxygen atoms in total. The second-order valence-electron chi connectivity index (χ2n) is 3.63. The summed E-state index contributed by atoms with van der Waals surface area (Å²) in [7, 11) is 1.65. The lowest BCUT2D eigenvalue weighted by atomic mass is 10.0. The van der Waals surface area contributed by atoms with Gasteiger partial charge < -0.3 is 5.32 Å². The van der Waals surface area contributed by atoms with Crippen LogP contribution in [-0.4, -0.2) is 7.05 Å². The van der Waals surface area contributed by atoms with E-state index in [1.165, 1.54) is 29.5 Å². The summed E-state index contributed by atoms with van der Waals surface area (Å²) in [5, 5.41) is 2.91. The molecule has 0 aliphatic heterocycles. The Balaban J connectivity index is 2.52. The number of halogens is 4. The summed E-state index contributed by atoms with van der Waals surface area (Å²) >= 11 is 10.5. The first-order valence-electron chi connectivity index (χ1n) is 5.10. The number of benzene rings is 1. The number of hydrogen-bond acceptors (Lipinski definition) is 2. The smallest absolute Gasteiger partial charge is 0.131 e. The zero-order chi connectivity index (χ0) is 13.3. The minimum atomic E-state index is -0.574. The molecule has 0 saturated heterocycles. The molecule has 0 aliphatic rings. The van der Waals surface area contributed by atoms with Gasteiger partial charge in [-0.2, -0.15) is 0 Å². The largest absolute Gasteiger partial charge is 0.308 e. The van der Waals surface area contributed by atoms with Gasteiger partial charge in [0.15, 0.2) is 0 Å². The average molecular weight is 353 g/mol. The van der Waals surface area contributed by atoms with E-state index >= 15 is 0 Å². The summed E-state index contributed by atoms with van der Waals surface area (Å²) < 4.78 is 28.8. The van der Waals surface area contributed by atoms with Crippen LogP contribution >= 0.6 is 38.9 Å². The predicted octanol–water partition coefficient (Wildman–Crippen LogP) is 4.75. The van der Waals surface area contributed by atoms with E-state index in [4.69, 9.17) is 11.6 Å². The van der Waals surface area contributed by atoms with Crippen molar-refractivity contribution in [3.8, 4) is 0 Å². The highest BCUT2D eigenvalue weighted by Crippen LogP contribution is 2.38.